The average Bonchev–Trinajstić information content (AvgIpc) is 3.18. The van der Waals surface area contributed by atoms with Crippen LogP contribution in [0.5, 0.6) is 11.5 Å². The molecule has 0 unspecified atom stereocenters. The van der Waals surface area contributed by atoms with Crippen molar-refractivity contribution in [3.8, 4) is 28.4 Å². The first-order chi connectivity index (χ1) is 14.3. The van der Waals surface area contributed by atoms with E-state index in [9.17, 15) is 13.2 Å². The third-order valence-electron chi connectivity index (χ3n) is 4.29. The lowest BCUT2D eigenvalue weighted by Gasteiger charge is -2.09. The molecule has 0 aliphatic rings. The van der Waals surface area contributed by atoms with Crippen molar-refractivity contribution in [2.45, 2.75) is 11.8 Å². The first-order valence-electron chi connectivity index (χ1n) is 8.91. The van der Waals surface area contributed by atoms with Crippen LogP contribution in [0.4, 0.5) is 0 Å². The minimum Gasteiger partial charge on any atom is -0.497 e. The summed E-state index contributed by atoms with van der Waals surface area (Å²) in [6.45, 7) is 1.89. The number of methoxy groups -OCH3 is 2. The highest BCUT2D eigenvalue weighted by atomic mass is 32.2. The maximum absolute atomic E-state index is 12.5. The van der Waals surface area contributed by atoms with Crippen molar-refractivity contribution in [2.24, 2.45) is 5.14 Å². The van der Waals surface area contributed by atoms with E-state index in [1.54, 1.807) is 38.3 Å². The predicted octanol–water partition coefficient (Wildman–Crippen LogP) is 2.38. The second-order valence-electron chi connectivity index (χ2n) is 6.15. The molecule has 0 saturated carbocycles. The number of ether oxygens (including phenoxy) is 3. The lowest BCUT2D eigenvalue weighted by atomic mass is 10.1. The fourth-order valence-corrected chi connectivity index (χ4v) is 3.36. The third kappa shape index (κ3) is 4.29. The van der Waals surface area contributed by atoms with Crippen LogP contribution >= 0.6 is 0 Å². The molecule has 0 atom stereocenters. The van der Waals surface area contributed by atoms with Gasteiger partial charge in [-0.25, -0.2) is 23.0 Å². The molecule has 0 aliphatic carbocycles. The predicted molar refractivity (Wildman–Crippen MR) is 109 cm³/mol. The Labute approximate surface area is 174 Å². The average molecular weight is 431 g/mol. The first-order valence-corrected chi connectivity index (χ1v) is 10.5. The summed E-state index contributed by atoms with van der Waals surface area (Å²) in [7, 11) is -0.770. The van der Waals surface area contributed by atoms with Gasteiger partial charge in [0.25, 0.3) is 0 Å². The Kier molecular flexibility index (Phi) is 6.09. The van der Waals surface area contributed by atoms with Crippen LogP contribution in [-0.4, -0.2) is 45.0 Å². The topological polar surface area (TPSA) is 123 Å². The summed E-state index contributed by atoms with van der Waals surface area (Å²) < 4.78 is 40.2. The summed E-state index contributed by atoms with van der Waals surface area (Å²) in [5.74, 6) is 0.553. The van der Waals surface area contributed by atoms with Crippen LogP contribution < -0.4 is 14.6 Å². The fourth-order valence-electron chi connectivity index (χ4n) is 2.85. The van der Waals surface area contributed by atoms with Gasteiger partial charge in [0.1, 0.15) is 11.5 Å². The number of hydrogen-bond acceptors (Lipinski definition) is 7. The molecule has 0 radical (unpaired) electrons. The standard InChI is InChI=1S/C20H21N3O6S/c1-4-29-20(24)18-12-17(16-10-7-14(27-2)11-19(16)28-3)22-23(18)13-5-8-15(9-6-13)30(21,25)26/h5-12H,4H2,1-3H3,(H2,21,25,26). The van der Waals surface area contributed by atoms with E-state index in [4.69, 9.17) is 19.3 Å². The van der Waals surface area contributed by atoms with Gasteiger partial charge in [-0.3, -0.25) is 0 Å². The van der Waals surface area contributed by atoms with E-state index in [0.717, 1.165) is 0 Å². The molecular weight excluding hydrogens is 410 g/mol. The van der Waals surface area contributed by atoms with Crippen molar-refractivity contribution in [1.82, 2.24) is 9.78 Å². The number of hydrogen-bond donors (Lipinski definition) is 1. The normalized spacial score (nSPS) is 11.2. The number of benzene rings is 2. The Morgan fingerprint density at radius 1 is 1.07 bits per heavy atom. The number of esters is 1. The number of rotatable bonds is 7. The molecule has 30 heavy (non-hydrogen) atoms. The van der Waals surface area contributed by atoms with Crippen LogP contribution in [-0.2, 0) is 14.8 Å². The summed E-state index contributed by atoms with van der Waals surface area (Å²) in [5.41, 5.74) is 1.74. The Bertz CT molecular complexity index is 1170. The number of nitrogens with zero attached hydrogens (tertiary/aromatic N) is 2. The number of carbonyl (C=O) groups is 1. The molecule has 0 bridgehead atoms. The molecule has 0 spiro atoms. The second-order valence-corrected chi connectivity index (χ2v) is 7.71. The number of carbonyl (C=O) groups excluding carboxylic acids is 1. The van der Waals surface area contributed by atoms with Crippen LogP contribution in [0, 0.1) is 0 Å². The molecule has 0 saturated heterocycles. The molecule has 158 valence electrons. The zero-order valence-corrected chi connectivity index (χ0v) is 17.5. The van der Waals surface area contributed by atoms with Gasteiger partial charge < -0.3 is 14.2 Å². The van der Waals surface area contributed by atoms with E-state index in [1.165, 1.54) is 36.1 Å². The lowest BCUT2D eigenvalue weighted by Crippen LogP contribution is -2.13. The molecule has 1 aromatic heterocycles. The van der Waals surface area contributed by atoms with E-state index >= 15 is 0 Å². The van der Waals surface area contributed by atoms with Crippen molar-refractivity contribution in [1.29, 1.82) is 0 Å². The number of aromatic nitrogens is 2. The van der Waals surface area contributed by atoms with Crippen molar-refractivity contribution >= 4 is 16.0 Å². The van der Waals surface area contributed by atoms with Gasteiger partial charge in [0.2, 0.25) is 10.0 Å². The summed E-state index contributed by atoms with van der Waals surface area (Å²) in [4.78, 5) is 12.5. The van der Waals surface area contributed by atoms with Gasteiger partial charge in [-0.1, -0.05) is 0 Å². The van der Waals surface area contributed by atoms with Gasteiger partial charge in [0.15, 0.2) is 5.69 Å². The minimum atomic E-state index is -3.84. The lowest BCUT2D eigenvalue weighted by molar-refractivity contribution is 0.0515. The van der Waals surface area contributed by atoms with Crippen LogP contribution in [0.2, 0.25) is 0 Å². The molecule has 3 aromatic rings. The molecule has 3 rings (SSSR count). The van der Waals surface area contributed by atoms with E-state index in [2.05, 4.69) is 5.10 Å². The molecule has 1 heterocycles. The SMILES string of the molecule is CCOC(=O)c1cc(-c2ccc(OC)cc2OC)nn1-c1ccc(S(N)(=O)=O)cc1. The van der Waals surface area contributed by atoms with Crippen molar-refractivity contribution in [2.75, 3.05) is 20.8 Å². The van der Waals surface area contributed by atoms with Crippen molar-refractivity contribution < 1.29 is 27.4 Å². The van der Waals surface area contributed by atoms with Crippen molar-refractivity contribution in [3.05, 3.63) is 54.2 Å². The number of nitrogens with two attached hydrogens (primary N) is 1. The molecule has 2 N–H and O–H groups in total. The highest BCUT2D eigenvalue weighted by Gasteiger charge is 2.21. The Balaban J connectivity index is 2.14. The van der Waals surface area contributed by atoms with Gasteiger partial charge in [0, 0.05) is 11.6 Å². The van der Waals surface area contributed by atoms with Gasteiger partial charge in [-0.15, -0.1) is 0 Å². The number of sulfonamides is 1. The molecule has 10 heteroatoms. The summed E-state index contributed by atoms with van der Waals surface area (Å²) in [6, 6.07) is 12.5. The minimum absolute atomic E-state index is 0.0480. The van der Waals surface area contributed by atoms with Gasteiger partial charge in [-0.2, -0.15) is 5.10 Å². The van der Waals surface area contributed by atoms with Crippen molar-refractivity contribution in [3.63, 3.8) is 0 Å². The van der Waals surface area contributed by atoms with Gasteiger partial charge in [-0.05, 0) is 49.4 Å². The van der Waals surface area contributed by atoms with Crippen LogP contribution in [0.1, 0.15) is 17.4 Å². The maximum Gasteiger partial charge on any atom is 0.357 e. The fraction of sp³-hybridized carbons (Fsp3) is 0.200. The quantitative estimate of drug-likeness (QED) is 0.570. The largest absolute Gasteiger partial charge is 0.497 e. The first kappa shape index (κ1) is 21.3. The van der Waals surface area contributed by atoms with E-state index in [1.807, 2.05) is 0 Å². The Morgan fingerprint density at radius 2 is 1.77 bits per heavy atom. The molecule has 0 amide bonds. The van der Waals surface area contributed by atoms with Crippen LogP contribution in [0.15, 0.2) is 53.4 Å². The summed E-state index contributed by atoms with van der Waals surface area (Å²) >= 11 is 0. The third-order valence-corrected chi connectivity index (χ3v) is 5.22. The molecule has 2 aromatic carbocycles. The second kappa shape index (κ2) is 8.56. The van der Waals surface area contributed by atoms with Crippen LogP contribution in [0.25, 0.3) is 16.9 Å². The monoisotopic (exact) mass is 431 g/mol. The molecule has 0 fully saturated rings. The summed E-state index contributed by atoms with van der Waals surface area (Å²) in [5, 5.41) is 9.67. The van der Waals surface area contributed by atoms with Gasteiger partial charge >= 0.3 is 5.97 Å². The smallest absolute Gasteiger partial charge is 0.357 e. The molecule has 0 aliphatic heterocycles. The Hall–Kier alpha value is -3.37. The zero-order valence-electron chi connectivity index (χ0n) is 16.7. The van der Waals surface area contributed by atoms with E-state index in [-0.39, 0.29) is 17.2 Å². The number of primary sulfonamides is 1. The van der Waals surface area contributed by atoms with E-state index in [0.29, 0.717) is 28.4 Å². The maximum atomic E-state index is 12.5. The highest BCUT2D eigenvalue weighted by molar-refractivity contribution is 7.89. The van der Waals surface area contributed by atoms with Gasteiger partial charge in [0.05, 0.1) is 37.1 Å². The molecule has 9 nitrogen and oxygen atoms in total. The summed E-state index contributed by atoms with van der Waals surface area (Å²) in [6.07, 6.45) is 0. The van der Waals surface area contributed by atoms with Crippen LogP contribution in [0.3, 0.4) is 0 Å². The van der Waals surface area contributed by atoms with E-state index < -0.39 is 16.0 Å². The zero-order chi connectivity index (χ0) is 21.9. The highest BCUT2D eigenvalue weighted by Crippen LogP contribution is 2.33. The molecular formula is C20H21N3O6S. The Morgan fingerprint density at radius 3 is 2.33 bits per heavy atom.